The van der Waals surface area contributed by atoms with E-state index in [2.05, 4.69) is 5.32 Å². The largest absolute Gasteiger partial charge is 0.356 e. The van der Waals surface area contributed by atoms with Crippen molar-refractivity contribution in [2.45, 2.75) is 26.7 Å². The fourth-order valence-corrected chi connectivity index (χ4v) is 0.814. The van der Waals surface area contributed by atoms with Crippen molar-refractivity contribution in [1.29, 1.82) is 0 Å². The fourth-order valence-electron chi connectivity index (χ4n) is 0.814. The molecule has 0 aliphatic carbocycles. The molecule has 0 heterocycles. The van der Waals surface area contributed by atoms with Gasteiger partial charge in [-0.15, -0.1) is 0 Å². The van der Waals surface area contributed by atoms with Crippen LogP contribution in [0.5, 0.6) is 0 Å². The third-order valence-electron chi connectivity index (χ3n) is 1.39. The molecule has 5 heteroatoms. The summed E-state index contributed by atoms with van der Waals surface area (Å²) in [6.07, 6.45) is 0.557. The van der Waals surface area contributed by atoms with E-state index in [1.807, 2.05) is 13.8 Å². The van der Waals surface area contributed by atoms with E-state index in [0.29, 0.717) is 12.3 Å². The third-order valence-corrected chi connectivity index (χ3v) is 1.39. The Kier molecular flexibility index (Phi) is 5.88. The summed E-state index contributed by atoms with van der Waals surface area (Å²) in [7, 11) is 0. The van der Waals surface area contributed by atoms with Crippen LogP contribution < -0.4 is 10.8 Å². The van der Waals surface area contributed by atoms with Gasteiger partial charge in [0.2, 0.25) is 11.8 Å². The molecule has 0 spiro atoms. The molecule has 2 amide bonds. The number of hydroxylamine groups is 1. The van der Waals surface area contributed by atoms with Crippen molar-refractivity contribution in [2.75, 3.05) is 6.54 Å². The predicted molar refractivity (Wildman–Crippen MR) is 47.0 cm³/mol. The van der Waals surface area contributed by atoms with Crippen LogP contribution in [0.15, 0.2) is 0 Å². The number of rotatable bonds is 5. The van der Waals surface area contributed by atoms with Gasteiger partial charge in [-0.3, -0.25) is 14.8 Å². The molecular formula is C8H16N2O3. The molecule has 0 radical (unpaired) electrons. The van der Waals surface area contributed by atoms with Crippen molar-refractivity contribution >= 4 is 11.8 Å². The van der Waals surface area contributed by atoms with Gasteiger partial charge in [0.25, 0.3) is 0 Å². The van der Waals surface area contributed by atoms with Gasteiger partial charge in [-0.1, -0.05) is 13.8 Å². The summed E-state index contributed by atoms with van der Waals surface area (Å²) in [6.45, 7) is 4.15. The summed E-state index contributed by atoms with van der Waals surface area (Å²) >= 11 is 0. The summed E-state index contributed by atoms with van der Waals surface area (Å²) in [5, 5.41) is 10.7. The molecule has 0 unspecified atom stereocenters. The second-order valence-corrected chi connectivity index (χ2v) is 3.23. The average Bonchev–Trinajstić information content (AvgIpc) is 2.02. The maximum absolute atomic E-state index is 11.0. The van der Waals surface area contributed by atoms with E-state index in [0.717, 1.165) is 0 Å². The summed E-state index contributed by atoms with van der Waals surface area (Å²) in [5.74, 6) is -0.253. The Morgan fingerprint density at radius 3 is 2.38 bits per heavy atom. The number of carbonyl (C=O) groups is 2. The fraction of sp³-hybridized carbons (Fsp3) is 0.750. The lowest BCUT2D eigenvalue weighted by atomic mass is 10.1. The van der Waals surface area contributed by atoms with E-state index in [1.165, 1.54) is 5.48 Å². The lowest BCUT2D eigenvalue weighted by Gasteiger charge is -2.05. The van der Waals surface area contributed by atoms with Crippen LogP contribution in [0.25, 0.3) is 0 Å². The first kappa shape index (κ1) is 11.9. The summed E-state index contributed by atoms with van der Waals surface area (Å²) in [6, 6.07) is 0. The minimum atomic E-state index is -0.496. The SMILES string of the molecule is CC(C)CC(=O)NCCC(=O)NO. The van der Waals surface area contributed by atoms with Gasteiger partial charge in [0.15, 0.2) is 0 Å². The molecule has 0 aromatic carbocycles. The zero-order valence-electron chi connectivity index (χ0n) is 7.96. The Balaban J connectivity index is 3.42. The molecule has 0 aromatic heterocycles. The van der Waals surface area contributed by atoms with Crippen LogP contribution in [0, 0.1) is 5.92 Å². The number of nitrogens with one attached hydrogen (secondary N) is 2. The second kappa shape index (κ2) is 6.42. The standard InChI is InChI=1S/C8H16N2O3/c1-6(2)5-8(12)9-4-3-7(11)10-13/h6,13H,3-5H2,1-2H3,(H,9,12)(H,10,11). The van der Waals surface area contributed by atoms with Crippen molar-refractivity contribution in [2.24, 2.45) is 5.92 Å². The van der Waals surface area contributed by atoms with Crippen LogP contribution in [0.2, 0.25) is 0 Å². The molecule has 0 aromatic rings. The van der Waals surface area contributed by atoms with Crippen LogP contribution in [0.1, 0.15) is 26.7 Å². The van der Waals surface area contributed by atoms with E-state index < -0.39 is 5.91 Å². The average molecular weight is 188 g/mol. The zero-order valence-corrected chi connectivity index (χ0v) is 7.96. The lowest BCUT2D eigenvalue weighted by Crippen LogP contribution is -2.29. The van der Waals surface area contributed by atoms with Gasteiger partial charge in [0.05, 0.1) is 0 Å². The van der Waals surface area contributed by atoms with Crippen molar-refractivity contribution in [3.63, 3.8) is 0 Å². The van der Waals surface area contributed by atoms with E-state index in [1.54, 1.807) is 0 Å². The van der Waals surface area contributed by atoms with Crippen molar-refractivity contribution in [1.82, 2.24) is 10.8 Å². The minimum absolute atomic E-state index is 0.0688. The Hall–Kier alpha value is -1.10. The van der Waals surface area contributed by atoms with Gasteiger partial charge in [-0.2, -0.15) is 0 Å². The molecule has 13 heavy (non-hydrogen) atoms. The molecule has 0 aliphatic heterocycles. The second-order valence-electron chi connectivity index (χ2n) is 3.23. The van der Waals surface area contributed by atoms with Gasteiger partial charge in [0, 0.05) is 19.4 Å². The molecule has 0 fully saturated rings. The van der Waals surface area contributed by atoms with E-state index in [-0.39, 0.29) is 18.9 Å². The number of carbonyl (C=O) groups excluding carboxylic acids is 2. The third kappa shape index (κ3) is 7.27. The van der Waals surface area contributed by atoms with Crippen molar-refractivity contribution in [3.05, 3.63) is 0 Å². The van der Waals surface area contributed by atoms with Gasteiger partial charge in [0.1, 0.15) is 0 Å². The quantitative estimate of drug-likeness (QED) is 0.421. The highest BCUT2D eigenvalue weighted by atomic mass is 16.5. The van der Waals surface area contributed by atoms with Crippen LogP contribution >= 0.6 is 0 Å². The van der Waals surface area contributed by atoms with Crippen LogP contribution in [0.4, 0.5) is 0 Å². The van der Waals surface area contributed by atoms with Crippen LogP contribution in [-0.2, 0) is 9.59 Å². The maximum Gasteiger partial charge on any atom is 0.245 e. The van der Waals surface area contributed by atoms with Gasteiger partial charge in [-0.25, -0.2) is 5.48 Å². The molecule has 76 valence electrons. The predicted octanol–water partition coefficient (Wildman–Crippen LogP) is 0.0442. The van der Waals surface area contributed by atoms with Crippen LogP contribution in [-0.4, -0.2) is 23.6 Å². The molecule has 3 N–H and O–H groups in total. The molecule has 0 saturated heterocycles. The molecule has 0 aliphatic rings. The molecule has 0 rings (SSSR count). The smallest absolute Gasteiger partial charge is 0.245 e. The van der Waals surface area contributed by atoms with Gasteiger partial charge < -0.3 is 5.32 Å². The summed E-state index contributed by atoms with van der Waals surface area (Å²) in [5.41, 5.74) is 1.49. The van der Waals surface area contributed by atoms with E-state index >= 15 is 0 Å². The van der Waals surface area contributed by atoms with E-state index in [4.69, 9.17) is 5.21 Å². The number of amides is 2. The Morgan fingerprint density at radius 1 is 1.31 bits per heavy atom. The first-order chi connectivity index (χ1) is 6.06. The highest BCUT2D eigenvalue weighted by Crippen LogP contribution is 1.97. The summed E-state index contributed by atoms with van der Waals surface area (Å²) < 4.78 is 0. The summed E-state index contributed by atoms with van der Waals surface area (Å²) in [4.78, 5) is 21.5. The molecule has 5 nitrogen and oxygen atoms in total. The topological polar surface area (TPSA) is 78.4 Å². The zero-order chi connectivity index (χ0) is 10.3. The highest BCUT2D eigenvalue weighted by molar-refractivity contribution is 5.78. The van der Waals surface area contributed by atoms with Gasteiger partial charge in [-0.05, 0) is 5.92 Å². The van der Waals surface area contributed by atoms with Crippen molar-refractivity contribution in [3.8, 4) is 0 Å². The Morgan fingerprint density at radius 2 is 1.92 bits per heavy atom. The molecule has 0 bridgehead atoms. The first-order valence-electron chi connectivity index (χ1n) is 4.26. The first-order valence-corrected chi connectivity index (χ1v) is 4.26. The lowest BCUT2D eigenvalue weighted by molar-refractivity contribution is -0.129. The number of hydrogen-bond donors (Lipinski definition) is 3. The van der Waals surface area contributed by atoms with E-state index in [9.17, 15) is 9.59 Å². The maximum atomic E-state index is 11.0. The Bertz CT molecular complexity index is 180. The Labute approximate surface area is 77.5 Å². The number of hydrogen-bond acceptors (Lipinski definition) is 3. The molecule has 0 saturated carbocycles. The minimum Gasteiger partial charge on any atom is -0.356 e. The molecule has 0 atom stereocenters. The normalized spacial score (nSPS) is 9.85. The monoisotopic (exact) mass is 188 g/mol. The van der Waals surface area contributed by atoms with Crippen LogP contribution in [0.3, 0.4) is 0 Å². The molecular weight excluding hydrogens is 172 g/mol. The highest BCUT2D eigenvalue weighted by Gasteiger charge is 2.04. The van der Waals surface area contributed by atoms with Gasteiger partial charge >= 0.3 is 0 Å². The van der Waals surface area contributed by atoms with Crippen molar-refractivity contribution < 1.29 is 14.8 Å².